The van der Waals surface area contributed by atoms with Gasteiger partial charge >= 0.3 is 0 Å². The van der Waals surface area contributed by atoms with E-state index in [-0.39, 0.29) is 0 Å². The molecule has 1 aromatic rings. The van der Waals surface area contributed by atoms with Crippen LogP contribution < -0.4 is 5.32 Å². The first-order valence-corrected chi connectivity index (χ1v) is 5.96. The summed E-state index contributed by atoms with van der Waals surface area (Å²) in [7, 11) is 0. The van der Waals surface area contributed by atoms with Crippen LogP contribution in [0.15, 0.2) is 24.3 Å². The van der Waals surface area contributed by atoms with E-state index in [1.165, 1.54) is 12.0 Å². The van der Waals surface area contributed by atoms with Gasteiger partial charge in [0.1, 0.15) is 0 Å². The highest BCUT2D eigenvalue weighted by Crippen LogP contribution is 2.16. The van der Waals surface area contributed by atoms with Crippen molar-refractivity contribution in [3.8, 4) is 0 Å². The van der Waals surface area contributed by atoms with Crippen molar-refractivity contribution in [1.82, 2.24) is 5.32 Å². The molecule has 0 saturated heterocycles. The topological polar surface area (TPSA) is 12.0 Å². The maximum Gasteiger partial charge on any atom is 0.0406 e. The molecule has 84 valence electrons. The summed E-state index contributed by atoms with van der Waals surface area (Å²) in [5.74, 6) is 0.759. The third kappa shape index (κ3) is 4.67. The molecule has 1 aromatic carbocycles. The molecule has 0 aliphatic carbocycles. The standard InChI is InChI=1S/C13H20ClN/c1-10(2)8-9-15-11(3)12-4-6-13(14)7-5-12/h4-7,10-11,15H,8-9H2,1-3H3/t11-/m0/s1. The highest BCUT2D eigenvalue weighted by molar-refractivity contribution is 6.30. The van der Waals surface area contributed by atoms with Crippen LogP contribution in [0.2, 0.25) is 5.02 Å². The van der Waals surface area contributed by atoms with Gasteiger partial charge in [0.25, 0.3) is 0 Å². The Balaban J connectivity index is 2.40. The third-order valence-corrected chi connectivity index (χ3v) is 2.79. The number of halogens is 1. The summed E-state index contributed by atoms with van der Waals surface area (Å²) < 4.78 is 0. The molecule has 0 bridgehead atoms. The van der Waals surface area contributed by atoms with Gasteiger partial charge in [-0.05, 0) is 43.5 Å². The molecule has 0 radical (unpaired) electrons. The van der Waals surface area contributed by atoms with Gasteiger partial charge in [0.2, 0.25) is 0 Å². The van der Waals surface area contributed by atoms with Crippen molar-refractivity contribution in [3.05, 3.63) is 34.9 Å². The normalized spacial score (nSPS) is 13.1. The van der Waals surface area contributed by atoms with Crippen LogP contribution in [0.1, 0.15) is 38.8 Å². The van der Waals surface area contributed by atoms with Crippen LogP contribution in [0.25, 0.3) is 0 Å². The van der Waals surface area contributed by atoms with Crippen molar-refractivity contribution in [2.24, 2.45) is 5.92 Å². The monoisotopic (exact) mass is 225 g/mol. The fourth-order valence-corrected chi connectivity index (χ4v) is 1.58. The first kappa shape index (κ1) is 12.5. The molecule has 0 amide bonds. The Morgan fingerprint density at radius 2 is 1.73 bits per heavy atom. The highest BCUT2D eigenvalue weighted by atomic mass is 35.5. The second kappa shape index (κ2) is 6.14. The van der Waals surface area contributed by atoms with Crippen LogP contribution >= 0.6 is 11.6 Å². The fraction of sp³-hybridized carbons (Fsp3) is 0.538. The zero-order chi connectivity index (χ0) is 11.3. The molecule has 0 fully saturated rings. The zero-order valence-corrected chi connectivity index (χ0v) is 10.5. The Morgan fingerprint density at radius 1 is 1.13 bits per heavy atom. The number of hydrogen-bond acceptors (Lipinski definition) is 1. The lowest BCUT2D eigenvalue weighted by molar-refractivity contribution is 0.497. The molecule has 1 N–H and O–H groups in total. The minimum absolute atomic E-state index is 0.404. The van der Waals surface area contributed by atoms with Crippen molar-refractivity contribution >= 4 is 11.6 Å². The predicted molar refractivity (Wildman–Crippen MR) is 67.3 cm³/mol. The lowest BCUT2D eigenvalue weighted by atomic mass is 10.1. The average Bonchev–Trinajstić information content (AvgIpc) is 2.18. The van der Waals surface area contributed by atoms with Crippen molar-refractivity contribution in [2.75, 3.05) is 6.54 Å². The van der Waals surface area contributed by atoms with E-state index in [0.29, 0.717) is 6.04 Å². The van der Waals surface area contributed by atoms with Gasteiger partial charge < -0.3 is 5.32 Å². The van der Waals surface area contributed by atoms with E-state index >= 15 is 0 Å². The summed E-state index contributed by atoms with van der Waals surface area (Å²) >= 11 is 5.84. The quantitative estimate of drug-likeness (QED) is 0.798. The Labute approximate surface area is 97.8 Å². The van der Waals surface area contributed by atoms with Crippen molar-refractivity contribution in [2.45, 2.75) is 33.2 Å². The fourth-order valence-electron chi connectivity index (χ4n) is 1.46. The molecular weight excluding hydrogens is 206 g/mol. The first-order valence-electron chi connectivity index (χ1n) is 5.58. The number of rotatable bonds is 5. The van der Waals surface area contributed by atoms with E-state index in [0.717, 1.165) is 17.5 Å². The molecule has 0 spiro atoms. The number of nitrogens with one attached hydrogen (secondary N) is 1. The van der Waals surface area contributed by atoms with Gasteiger partial charge in [0.15, 0.2) is 0 Å². The molecule has 1 nitrogen and oxygen atoms in total. The predicted octanol–water partition coefficient (Wildman–Crippen LogP) is 4.04. The van der Waals surface area contributed by atoms with E-state index in [1.54, 1.807) is 0 Å². The van der Waals surface area contributed by atoms with Gasteiger partial charge in [0, 0.05) is 11.1 Å². The van der Waals surface area contributed by atoms with Gasteiger partial charge in [-0.2, -0.15) is 0 Å². The molecule has 0 heterocycles. The molecule has 0 saturated carbocycles. The molecule has 2 heteroatoms. The number of benzene rings is 1. The van der Waals surface area contributed by atoms with Gasteiger partial charge in [-0.3, -0.25) is 0 Å². The van der Waals surface area contributed by atoms with Crippen molar-refractivity contribution in [1.29, 1.82) is 0 Å². The van der Waals surface area contributed by atoms with E-state index in [9.17, 15) is 0 Å². The van der Waals surface area contributed by atoms with Gasteiger partial charge in [-0.25, -0.2) is 0 Å². The van der Waals surface area contributed by atoms with Crippen LogP contribution in [0, 0.1) is 5.92 Å². The largest absolute Gasteiger partial charge is 0.310 e. The summed E-state index contributed by atoms with van der Waals surface area (Å²) in [5.41, 5.74) is 1.29. The van der Waals surface area contributed by atoms with Crippen LogP contribution in [0.3, 0.4) is 0 Å². The molecular formula is C13H20ClN. The lowest BCUT2D eigenvalue weighted by Crippen LogP contribution is -2.20. The minimum Gasteiger partial charge on any atom is -0.310 e. The average molecular weight is 226 g/mol. The van der Waals surface area contributed by atoms with Crippen LogP contribution in [0.4, 0.5) is 0 Å². The Hall–Kier alpha value is -0.530. The molecule has 0 aliphatic rings. The number of hydrogen-bond donors (Lipinski definition) is 1. The third-order valence-electron chi connectivity index (χ3n) is 2.54. The Morgan fingerprint density at radius 3 is 2.27 bits per heavy atom. The zero-order valence-electron chi connectivity index (χ0n) is 9.76. The molecule has 0 unspecified atom stereocenters. The van der Waals surface area contributed by atoms with Crippen LogP contribution in [-0.2, 0) is 0 Å². The van der Waals surface area contributed by atoms with E-state index in [4.69, 9.17) is 11.6 Å². The van der Waals surface area contributed by atoms with Crippen LogP contribution in [0.5, 0.6) is 0 Å². The summed E-state index contributed by atoms with van der Waals surface area (Å²) in [6, 6.07) is 8.45. The Bertz CT molecular complexity index is 279. The molecule has 0 aliphatic heterocycles. The molecule has 0 aromatic heterocycles. The lowest BCUT2D eigenvalue weighted by Gasteiger charge is -2.15. The summed E-state index contributed by atoms with van der Waals surface area (Å²) in [5, 5.41) is 4.31. The minimum atomic E-state index is 0.404. The summed E-state index contributed by atoms with van der Waals surface area (Å²) in [4.78, 5) is 0. The van der Waals surface area contributed by atoms with Gasteiger partial charge in [-0.1, -0.05) is 37.6 Å². The maximum atomic E-state index is 5.84. The van der Waals surface area contributed by atoms with Gasteiger partial charge in [-0.15, -0.1) is 0 Å². The second-order valence-corrected chi connectivity index (χ2v) is 4.85. The molecule has 1 rings (SSSR count). The SMILES string of the molecule is CC(C)CCN[C@@H](C)c1ccc(Cl)cc1. The van der Waals surface area contributed by atoms with E-state index in [1.807, 2.05) is 12.1 Å². The summed E-state index contributed by atoms with van der Waals surface area (Å²) in [6.45, 7) is 7.74. The second-order valence-electron chi connectivity index (χ2n) is 4.41. The van der Waals surface area contributed by atoms with Crippen molar-refractivity contribution < 1.29 is 0 Å². The van der Waals surface area contributed by atoms with E-state index in [2.05, 4.69) is 38.2 Å². The first-order chi connectivity index (χ1) is 7.09. The van der Waals surface area contributed by atoms with Crippen LogP contribution in [-0.4, -0.2) is 6.54 Å². The molecule has 15 heavy (non-hydrogen) atoms. The molecule has 1 atom stereocenters. The maximum absolute atomic E-state index is 5.84. The van der Waals surface area contributed by atoms with Gasteiger partial charge in [0.05, 0.1) is 0 Å². The Kier molecular flexibility index (Phi) is 5.13. The summed E-state index contributed by atoms with van der Waals surface area (Å²) in [6.07, 6.45) is 1.22. The smallest absolute Gasteiger partial charge is 0.0406 e. The van der Waals surface area contributed by atoms with E-state index < -0.39 is 0 Å². The highest BCUT2D eigenvalue weighted by Gasteiger charge is 2.04. The van der Waals surface area contributed by atoms with Crippen molar-refractivity contribution in [3.63, 3.8) is 0 Å².